The van der Waals surface area contributed by atoms with E-state index in [1.165, 1.54) is 10.5 Å². The third kappa shape index (κ3) is 2.73. The molecule has 0 spiro atoms. The zero-order valence-corrected chi connectivity index (χ0v) is 14.8. The van der Waals surface area contributed by atoms with Crippen LogP contribution in [0.2, 0.25) is 0 Å². The molecule has 0 saturated heterocycles. The minimum Gasteiger partial charge on any atom is -0.465 e. The second-order valence-corrected chi connectivity index (χ2v) is 7.12. The van der Waals surface area contributed by atoms with Gasteiger partial charge in [-0.15, -0.1) is 0 Å². The van der Waals surface area contributed by atoms with E-state index in [4.69, 9.17) is 0 Å². The Morgan fingerprint density at radius 1 is 0.962 bits per heavy atom. The van der Waals surface area contributed by atoms with Crippen LogP contribution in [0.5, 0.6) is 0 Å². The lowest BCUT2D eigenvalue weighted by Crippen LogP contribution is -2.51. The Morgan fingerprint density at radius 2 is 1.62 bits per heavy atom. The largest absolute Gasteiger partial charge is 0.465 e. The first-order valence-corrected chi connectivity index (χ1v) is 9.01. The highest BCUT2D eigenvalue weighted by Gasteiger charge is 2.40. The molecule has 2 heterocycles. The number of nitrogens with zero attached hydrogens (tertiary/aromatic N) is 2. The summed E-state index contributed by atoms with van der Waals surface area (Å²) in [4.78, 5) is 28.4. The van der Waals surface area contributed by atoms with Gasteiger partial charge in [0.2, 0.25) is 0 Å². The number of hydrogen-bond donors (Lipinski definition) is 1. The predicted molar refractivity (Wildman–Crippen MR) is 97.8 cm³/mol. The Balaban J connectivity index is 1.71. The van der Waals surface area contributed by atoms with Gasteiger partial charge in [0.1, 0.15) is 6.04 Å². The van der Waals surface area contributed by atoms with Gasteiger partial charge in [-0.25, -0.2) is 4.79 Å². The molecular weight excluding hydrogens is 328 g/mol. The topological polar surface area (TPSA) is 60.9 Å². The number of rotatable bonds is 1. The van der Waals surface area contributed by atoms with Crippen molar-refractivity contribution in [3.05, 3.63) is 70.8 Å². The molecule has 5 nitrogen and oxygen atoms in total. The van der Waals surface area contributed by atoms with Crippen molar-refractivity contribution in [1.82, 2.24) is 9.80 Å². The number of fused-ring (bicyclic) bond motifs is 2. The molecule has 2 aromatic carbocycles. The Kier molecular flexibility index (Phi) is 4.15. The van der Waals surface area contributed by atoms with Crippen LogP contribution in [0.25, 0.3) is 0 Å². The first kappa shape index (κ1) is 16.6. The molecule has 2 atom stereocenters. The third-order valence-electron chi connectivity index (χ3n) is 5.55. The van der Waals surface area contributed by atoms with Crippen LogP contribution in [0, 0.1) is 0 Å². The molecule has 1 N–H and O–H groups in total. The van der Waals surface area contributed by atoms with Gasteiger partial charge in [0.05, 0.1) is 0 Å². The van der Waals surface area contributed by atoms with E-state index in [1.807, 2.05) is 54.3 Å². The maximum atomic E-state index is 13.5. The fourth-order valence-corrected chi connectivity index (χ4v) is 4.17. The second-order valence-electron chi connectivity index (χ2n) is 7.12. The van der Waals surface area contributed by atoms with Crippen LogP contribution in [0.1, 0.15) is 35.2 Å². The lowest BCUT2D eigenvalue weighted by molar-refractivity contribution is -0.140. The van der Waals surface area contributed by atoms with Crippen molar-refractivity contribution in [3.8, 4) is 0 Å². The lowest BCUT2D eigenvalue weighted by atomic mass is 9.89. The van der Waals surface area contributed by atoms with Crippen LogP contribution in [0.15, 0.2) is 48.5 Å². The fourth-order valence-electron chi connectivity index (χ4n) is 4.17. The summed E-state index contributed by atoms with van der Waals surface area (Å²) in [6.45, 7) is 2.91. The number of amides is 2. The Morgan fingerprint density at radius 3 is 2.35 bits per heavy atom. The molecule has 26 heavy (non-hydrogen) atoms. The van der Waals surface area contributed by atoms with E-state index in [9.17, 15) is 14.7 Å². The molecule has 0 radical (unpaired) electrons. The molecule has 2 amide bonds. The SMILES string of the molecule is C[C@@H]1Cc2ccccc2CN1C(=O)C1c2ccccc2CCN1C(=O)O. The van der Waals surface area contributed by atoms with E-state index in [2.05, 4.69) is 6.07 Å². The average molecular weight is 350 g/mol. The summed E-state index contributed by atoms with van der Waals surface area (Å²) in [5.74, 6) is -0.124. The van der Waals surface area contributed by atoms with Crippen LogP contribution in [-0.4, -0.2) is 39.5 Å². The molecule has 5 heteroatoms. The first-order valence-electron chi connectivity index (χ1n) is 9.01. The lowest BCUT2D eigenvalue weighted by Gasteiger charge is -2.41. The normalized spacial score (nSPS) is 21.7. The molecule has 134 valence electrons. The van der Waals surface area contributed by atoms with Crippen LogP contribution < -0.4 is 0 Å². The minimum absolute atomic E-state index is 0.0436. The van der Waals surface area contributed by atoms with Gasteiger partial charge in [-0.2, -0.15) is 0 Å². The molecule has 0 bridgehead atoms. The Labute approximate surface area is 152 Å². The highest BCUT2D eigenvalue weighted by atomic mass is 16.4. The van der Waals surface area contributed by atoms with E-state index in [0.717, 1.165) is 23.1 Å². The monoisotopic (exact) mass is 350 g/mol. The smallest absolute Gasteiger partial charge is 0.408 e. The van der Waals surface area contributed by atoms with Gasteiger partial charge >= 0.3 is 6.09 Å². The van der Waals surface area contributed by atoms with Crippen molar-refractivity contribution >= 4 is 12.0 Å². The van der Waals surface area contributed by atoms with Gasteiger partial charge in [0.25, 0.3) is 5.91 Å². The van der Waals surface area contributed by atoms with Crippen molar-refractivity contribution in [1.29, 1.82) is 0 Å². The van der Waals surface area contributed by atoms with Crippen LogP contribution in [0.4, 0.5) is 4.79 Å². The molecule has 0 aromatic heterocycles. The Hall–Kier alpha value is -2.82. The maximum Gasteiger partial charge on any atom is 0.408 e. The van der Waals surface area contributed by atoms with Crippen LogP contribution >= 0.6 is 0 Å². The van der Waals surface area contributed by atoms with Gasteiger partial charge in [-0.3, -0.25) is 9.69 Å². The third-order valence-corrected chi connectivity index (χ3v) is 5.55. The molecule has 4 rings (SSSR count). The molecule has 0 aliphatic carbocycles. The maximum absolute atomic E-state index is 13.5. The van der Waals surface area contributed by atoms with E-state index in [0.29, 0.717) is 19.5 Å². The van der Waals surface area contributed by atoms with Crippen molar-refractivity contribution in [3.63, 3.8) is 0 Å². The van der Waals surface area contributed by atoms with E-state index >= 15 is 0 Å². The summed E-state index contributed by atoms with van der Waals surface area (Å²) in [6, 6.07) is 15.1. The summed E-state index contributed by atoms with van der Waals surface area (Å²) in [7, 11) is 0. The summed E-state index contributed by atoms with van der Waals surface area (Å²) in [5, 5.41) is 9.66. The van der Waals surface area contributed by atoms with Crippen molar-refractivity contribution in [2.24, 2.45) is 0 Å². The number of carboxylic acid groups (broad SMARTS) is 1. The predicted octanol–water partition coefficient (Wildman–Crippen LogP) is 3.24. The van der Waals surface area contributed by atoms with E-state index in [1.54, 1.807) is 0 Å². The minimum atomic E-state index is -1.04. The second kappa shape index (κ2) is 6.48. The van der Waals surface area contributed by atoms with Crippen molar-refractivity contribution < 1.29 is 14.7 Å². The van der Waals surface area contributed by atoms with Crippen LogP contribution in [-0.2, 0) is 24.2 Å². The summed E-state index contributed by atoms with van der Waals surface area (Å²) in [5.41, 5.74) is 4.29. The van der Waals surface area contributed by atoms with Crippen LogP contribution in [0.3, 0.4) is 0 Å². The molecular formula is C21H22N2O3. The number of carbonyl (C=O) groups is 2. The fraction of sp³-hybridized carbons (Fsp3) is 0.333. The van der Waals surface area contributed by atoms with E-state index in [-0.39, 0.29) is 11.9 Å². The zero-order chi connectivity index (χ0) is 18.3. The first-order chi connectivity index (χ1) is 12.6. The molecule has 2 aliphatic rings. The Bertz CT molecular complexity index is 864. The molecule has 1 unspecified atom stereocenters. The summed E-state index contributed by atoms with van der Waals surface area (Å²) < 4.78 is 0. The van der Waals surface area contributed by atoms with Crippen molar-refractivity contribution in [2.75, 3.05) is 6.54 Å². The van der Waals surface area contributed by atoms with Gasteiger partial charge in [0.15, 0.2) is 0 Å². The molecule has 0 saturated carbocycles. The van der Waals surface area contributed by atoms with E-state index < -0.39 is 12.1 Å². The summed E-state index contributed by atoms with van der Waals surface area (Å²) in [6.07, 6.45) is 0.400. The van der Waals surface area contributed by atoms with Gasteiger partial charge in [0, 0.05) is 19.1 Å². The molecule has 2 aromatic rings. The highest BCUT2D eigenvalue weighted by Crippen LogP contribution is 2.34. The zero-order valence-electron chi connectivity index (χ0n) is 14.8. The number of carbonyl (C=O) groups excluding carboxylic acids is 1. The molecule has 2 aliphatic heterocycles. The van der Waals surface area contributed by atoms with Gasteiger partial charge in [-0.05, 0) is 42.0 Å². The summed E-state index contributed by atoms with van der Waals surface area (Å²) >= 11 is 0. The highest BCUT2D eigenvalue weighted by molar-refractivity contribution is 5.88. The quantitative estimate of drug-likeness (QED) is 0.859. The standard InChI is InChI=1S/C21H22N2O3/c1-14-12-16-7-2-3-8-17(16)13-23(14)20(24)19-18-9-5-4-6-15(18)10-11-22(19)21(25)26/h2-9,14,19H,10-13H2,1H3,(H,25,26)/t14-,19?/m1/s1. The average Bonchev–Trinajstić information content (AvgIpc) is 2.65. The number of hydrogen-bond acceptors (Lipinski definition) is 2. The van der Waals surface area contributed by atoms with Gasteiger partial charge in [-0.1, -0.05) is 48.5 Å². The molecule has 0 fully saturated rings. The van der Waals surface area contributed by atoms with Gasteiger partial charge < -0.3 is 10.0 Å². The number of benzene rings is 2. The van der Waals surface area contributed by atoms with Crippen molar-refractivity contribution in [2.45, 2.75) is 38.4 Å².